The molecule has 0 amide bonds. The number of unbranched alkanes of at least 4 members (excludes halogenated alkanes) is 11. The highest BCUT2D eigenvalue weighted by atomic mass is 17.1. The van der Waals surface area contributed by atoms with Gasteiger partial charge in [-0.05, 0) is 38.5 Å². The van der Waals surface area contributed by atoms with Crippen LogP contribution >= 0.6 is 0 Å². The minimum Gasteiger partial charge on any atom is -0.469 e. The molecule has 0 rings (SSSR count). The van der Waals surface area contributed by atoms with Crippen LogP contribution in [0.4, 0.5) is 0 Å². The molecule has 0 saturated carbocycles. The number of allylic oxidation sites excluding steroid dienone is 2. The van der Waals surface area contributed by atoms with Gasteiger partial charge in [-0.1, -0.05) is 57.1 Å². The summed E-state index contributed by atoms with van der Waals surface area (Å²) in [6.07, 6.45) is 20.6. The monoisotopic (exact) mass is 328 g/mol. The van der Waals surface area contributed by atoms with Gasteiger partial charge < -0.3 is 4.74 Å². The minimum atomic E-state index is -0.0906. The Bertz CT molecular complexity index is 277. The molecule has 0 saturated heterocycles. The molecule has 0 aliphatic heterocycles. The molecular formula is C19H36O4. The molecule has 0 unspecified atom stereocenters. The predicted molar refractivity (Wildman–Crippen MR) is 94.4 cm³/mol. The van der Waals surface area contributed by atoms with Gasteiger partial charge >= 0.3 is 5.97 Å². The molecule has 0 bridgehead atoms. The zero-order valence-corrected chi connectivity index (χ0v) is 14.9. The van der Waals surface area contributed by atoms with Gasteiger partial charge in [0.05, 0.1) is 13.7 Å². The van der Waals surface area contributed by atoms with Crippen molar-refractivity contribution >= 4 is 5.97 Å². The first-order chi connectivity index (χ1) is 11.3. The molecule has 0 atom stereocenters. The van der Waals surface area contributed by atoms with Crippen LogP contribution in [0.15, 0.2) is 12.2 Å². The van der Waals surface area contributed by atoms with E-state index in [2.05, 4.69) is 21.8 Å². The van der Waals surface area contributed by atoms with Crippen molar-refractivity contribution in [1.29, 1.82) is 0 Å². The largest absolute Gasteiger partial charge is 0.469 e. The van der Waals surface area contributed by atoms with Gasteiger partial charge in [0.25, 0.3) is 0 Å². The quantitative estimate of drug-likeness (QED) is 0.123. The first-order valence-corrected chi connectivity index (χ1v) is 9.29. The van der Waals surface area contributed by atoms with E-state index >= 15 is 0 Å². The zero-order chi connectivity index (χ0) is 17.0. The third-order valence-corrected chi connectivity index (χ3v) is 4.00. The highest BCUT2D eigenvalue weighted by molar-refractivity contribution is 5.68. The summed E-state index contributed by atoms with van der Waals surface area (Å²) in [6, 6.07) is 0. The Balaban J connectivity index is 3.10. The SMILES string of the molecule is COC(=O)CCCCCCC/C=C\CCCCCCCCOO. The summed E-state index contributed by atoms with van der Waals surface area (Å²) < 4.78 is 4.62. The average molecular weight is 328 g/mol. The smallest absolute Gasteiger partial charge is 0.305 e. The van der Waals surface area contributed by atoms with Crippen LogP contribution in [0.1, 0.15) is 89.9 Å². The van der Waals surface area contributed by atoms with Gasteiger partial charge in [-0.3, -0.25) is 10.1 Å². The molecule has 4 nitrogen and oxygen atoms in total. The fourth-order valence-corrected chi connectivity index (χ4v) is 2.54. The van der Waals surface area contributed by atoms with Crippen LogP contribution in [0.5, 0.6) is 0 Å². The van der Waals surface area contributed by atoms with E-state index < -0.39 is 0 Å². The number of hydrogen-bond acceptors (Lipinski definition) is 4. The maximum atomic E-state index is 10.9. The van der Waals surface area contributed by atoms with Crippen LogP contribution in [0.2, 0.25) is 0 Å². The van der Waals surface area contributed by atoms with Crippen molar-refractivity contribution < 1.29 is 19.7 Å². The molecule has 0 aromatic rings. The summed E-state index contributed by atoms with van der Waals surface area (Å²) >= 11 is 0. The lowest BCUT2D eigenvalue weighted by atomic mass is 10.1. The van der Waals surface area contributed by atoms with Gasteiger partial charge in [0.15, 0.2) is 0 Å². The van der Waals surface area contributed by atoms with E-state index in [1.54, 1.807) is 0 Å². The van der Waals surface area contributed by atoms with Crippen LogP contribution in [0, 0.1) is 0 Å². The third kappa shape index (κ3) is 19.1. The van der Waals surface area contributed by atoms with Crippen molar-refractivity contribution in [3.05, 3.63) is 12.2 Å². The predicted octanol–water partition coefficient (Wildman–Crippen LogP) is 5.67. The van der Waals surface area contributed by atoms with Crippen LogP contribution in [-0.4, -0.2) is 24.9 Å². The lowest BCUT2D eigenvalue weighted by Gasteiger charge is -2.00. The summed E-state index contributed by atoms with van der Waals surface area (Å²) in [5.74, 6) is -0.0906. The molecule has 0 radical (unpaired) electrons. The van der Waals surface area contributed by atoms with Gasteiger partial charge in [0.1, 0.15) is 0 Å². The van der Waals surface area contributed by atoms with Crippen molar-refractivity contribution in [2.75, 3.05) is 13.7 Å². The lowest BCUT2D eigenvalue weighted by molar-refractivity contribution is -0.242. The van der Waals surface area contributed by atoms with E-state index in [1.165, 1.54) is 64.9 Å². The van der Waals surface area contributed by atoms with E-state index in [9.17, 15) is 4.79 Å². The number of rotatable bonds is 17. The summed E-state index contributed by atoms with van der Waals surface area (Å²) in [4.78, 5) is 15.0. The summed E-state index contributed by atoms with van der Waals surface area (Å²) in [7, 11) is 1.45. The number of ether oxygens (including phenoxy) is 1. The lowest BCUT2D eigenvalue weighted by Crippen LogP contribution is -1.98. The first kappa shape index (κ1) is 22.1. The molecule has 0 aromatic carbocycles. The molecule has 0 aliphatic rings. The Kier molecular flexibility index (Phi) is 18.5. The molecule has 0 aromatic heterocycles. The van der Waals surface area contributed by atoms with Crippen molar-refractivity contribution in [3.8, 4) is 0 Å². The van der Waals surface area contributed by atoms with E-state index in [0.29, 0.717) is 13.0 Å². The van der Waals surface area contributed by atoms with E-state index in [0.717, 1.165) is 25.7 Å². The topological polar surface area (TPSA) is 55.8 Å². The standard InChI is InChI=1S/C19H36O4/c1-22-19(20)17-15-13-11-9-7-5-3-2-4-6-8-10-12-14-16-18-23-21/h2-3,21H,4-18H2,1H3/b3-2-. The number of carbonyl (C=O) groups is 1. The Morgan fingerprint density at radius 1 is 0.783 bits per heavy atom. The van der Waals surface area contributed by atoms with E-state index in [4.69, 9.17) is 5.26 Å². The second-order valence-electron chi connectivity index (χ2n) is 6.10. The van der Waals surface area contributed by atoms with Gasteiger partial charge in [0, 0.05) is 6.42 Å². The number of carbonyl (C=O) groups excluding carboxylic acids is 1. The molecule has 0 aliphatic carbocycles. The van der Waals surface area contributed by atoms with Gasteiger partial charge in [-0.25, -0.2) is 4.89 Å². The number of hydrogen-bond donors (Lipinski definition) is 1. The fraction of sp³-hybridized carbons (Fsp3) is 0.842. The number of methoxy groups -OCH3 is 1. The maximum absolute atomic E-state index is 10.9. The van der Waals surface area contributed by atoms with Gasteiger partial charge in [0.2, 0.25) is 0 Å². The highest BCUT2D eigenvalue weighted by Gasteiger charge is 1.98. The average Bonchev–Trinajstić information content (AvgIpc) is 2.57. The summed E-state index contributed by atoms with van der Waals surface area (Å²) in [6.45, 7) is 0.466. The molecule has 4 heteroatoms. The summed E-state index contributed by atoms with van der Waals surface area (Å²) in [5, 5.41) is 8.19. The fourth-order valence-electron chi connectivity index (χ4n) is 2.54. The van der Waals surface area contributed by atoms with Crippen molar-refractivity contribution in [3.63, 3.8) is 0 Å². The van der Waals surface area contributed by atoms with Gasteiger partial charge in [-0.2, -0.15) is 0 Å². The second kappa shape index (κ2) is 19.2. The Morgan fingerprint density at radius 3 is 1.78 bits per heavy atom. The molecular weight excluding hydrogens is 292 g/mol. The normalized spacial score (nSPS) is 11.2. The molecule has 1 N–H and O–H groups in total. The molecule has 0 fully saturated rings. The van der Waals surface area contributed by atoms with E-state index in [1.807, 2.05) is 0 Å². The Labute approximate surface area is 142 Å². The second-order valence-corrected chi connectivity index (χ2v) is 6.10. The third-order valence-electron chi connectivity index (χ3n) is 4.00. The molecule has 136 valence electrons. The van der Waals surface area contributed by atoms with Gasteiger partial charge in [-0.15, -0.1) is 0 Å². The first-order valence-electron chi connectivity index (χ1n) is 9.29. The van der Waals surface area contributed by atoms with Crippen molar-refractivity contribution in [1.82, 2.24) is 0 Å². The Morgan fingerprint density at radius 2 is 1.26 bits per heavy atom. The van der Waals surface area contributed by atoms with E-state index in [-0.39, 0.29) is 5.97 Å². The maximum Gasteiger partial charge on any atom is 0.305 e. The summed E-state index contributed by atoms with van der Waals surface area (Å²) in [5.41, 5.74) is 0. The van der Waals surface area contributed by atoms with Crippen LogP contribution in [0.3, 0.4) is 0 Å². The van der Waals surface area contributed by atoms with Crippen molar-refractivity contribution in [2.24, 2.45) is 0 Å². The number of esters is 1. The highest BCUT2D eigenvalue weighted by Crippen LogP contribution is 2.10. The molecule has 0 heterocycles. The van der Waals surface area contributed by atoms with Crippen LogP contribution < -0.4 is 0 Å². The Hall–Kier alpha value is -0.870. The van der Waals surface area contributed by atoms with Crippen molar-refractivity contribution in [2.45, 2.75) is 89.9 Å². The minimum absolute atomic E-state index is 0.0906. The van der Waals surface area contributed by atoms with Crippen LogP contribution in [-0.2, 0) is 14.4 Å². The zero-order valence-electron chi connectivity index (χ0n) is 14.9. The molecule has 23 heavy (non-hydrogen) atoms. The molecule has 0 spiro atoms. The van der Waals surface area contributed by atoms with Crippen LogP contribution in [0.25, 0.3) is 0 Å².